The molecule has 0 aliphatic carbocycles. The molecule has 2 N–H and O–H groups in total. The number of rotatable bonds is 3. The third kappa shape index (κ3) is 6.62. The molecule has 1 heterocycles. The van der Waals surface area contributed by atoms with Crippen molar-refractivity contribution in [3.8, 4) is 0 Å². The molecule has 0 bridgehead atoms. The van der Waals surface area contributed by atoms with Crippen molar-refractivity contribution in [2.75, 3.05) is 59.4 Å². The van der Waals surface area contributed by atoms with Crippen LogP contribution in [0.3, 0.4) is 0 Å². The lowest BCUT2D eigenvalue weighted by Gasteiger charge is -2.25. The number of nitro groups is 1. The first-order valence-corrected chi connectivity index (χ1v) is 8.21. The number of benzene rings is 1. The second-order valence-corrected chi connectivity index (χ2v) is 6.00. The quantitative estimate of drug-likeness (QED) is 0.625. The van der Waals surface area contributed by atoms with Gasteiger partial charge in [0.15, 0.2) is 0 Å². The molecule has 0 spiro atoms. The van der Waals surface area contributed by atoms with Gasteiger partial charge in [0.25, 0.3) is 5.69 Å². The lowest BCUT2D eigenvalue weighted by molar-refractivity contribution is -0.384. The minimum absolute atomic E-state index is 0.148. The summed E-state index contributed by atoms with van der Waals surface area (Å²) in [4.78, 5) is 15.1. The summed E-state index contributed by atoms with van der Waals surface area (Å²) in [7, 11) is 2.15. The van der Waals surface area contributed by atoms with Crippen LogP contribution in [0.1, 0.15) is 5.56 Å². The molecule has 1 saturated heterocycles. The molecule has 0 atom stereocenters. The van der Waals surface area contributed by atoms with Crippen LogP contribution in [0.25, 0.3) is 0 Å². The molecule has 1 fully saturated rings. The molecule has 0 unspecified atom stereocenters. The highest BCUT2D eigenvalue weighted by atomic mass is 16.6. The molecule has 1 aromatic rings. The topological polar surface area (TPSA) is 73.7 Å². The molecule has 23 heavy (non-hydrogen) atoms. The Bertz CT molecular complexity index is 466. The van der Waals surface area contributed by atoms with Gasteiger partial charge >= 0.3 is 0 Å². The van der Waals surface area contributed by atoms with E-state index in [0.717, 1.165) is 64.5 Å². The van der Waals surface area contributed by atoms with Crippen LogP contribution < -0.4 is 10.6 Å². The van der Waals surface area contributed by atoms with Crippen LogP contribution in [-0.2, 0) is 6.54 Å². The summed E-state index contributed by atoms with van der Waals surface area (Å²) < 4.78 is 0. The van der Waals surface area contributed by atoms with Crippen LogP contribution >= 0.6 is 0 Å². The monoisotopic (exact) mass is 321 g/mol. The van der Waals surface area contributed by atoms with Crippen LogP contribution in [0.2, 0.25) is 0 Å². The van der Waals surface area contributed by atoms with E-state index in [0.29, 0.717) is 0 Å². The zero-order chi connectivity index (χ0) is 16.5. The van der Waals surface area contributed by atoms with Crippen molar-refractivity contribution in [1.29, 1.82) is 0 Å². The number of nitrogens with zero attached hydrogens (tertiary/aromatic N) is 3. The van der Waals surface area contributed by atoms with Gasteiger partial charge in [0.2, 0.25) is 0 Å². The van der Waals surface area contributed by atoms with Gasteiger partial charge in [0, 0.05) is 71.0 Å². The first-order chi connectivity index (χ1) is 11.1. The molecule has 1 aliphatic heterocycles. The van der Waals surface area contributed by atoms with Crippen molar-refractivity contribution in [3.05, 3.63) is 39.9 Å². The summed E-state index contributed by atoms with van der Waals surface area (Å²) in [5, 5.41) is 17.7. The van der Waals surface area contributed by atoms with Crippen molar-refractivity contribution >= 4 is 5.69 Å². The normalized spacial score (nSPS) is 19.7. The van der Waals surface area contributed by atoms with Crippen LogP contribution in [0, 0.1) is 10.1 Å². The van der Waals surface area contributed by atoms with E-state index in [9.17, 15) is 10.1 Å². The maximum atomic E-state index is 10.7. The summed E-state index contributed by atoms with van der Waals surface area (Å²) >= 11 is 0. The van der Waals surface area contributed by atoms with E-state index >= 15 is 0 Å². The van der Waals surface area contributed by atoms with E-state index in [1.54, 1.807) is 12.1 Å². The minimum atomic E-state index is -0.356. The third-order valence-electron chi connectivity index (χ3n) is 4.10. The Morgan fingerprint density at radius 3 is 2.04 bits per heavy atom. The average Bonchev–Trinajstić information content (AvgIpc) is 2.53. The molecule has 1 aliphatic rings. The maximum Gasteiger partial charge on any atom is 0.269 e. The summed E-state index contributed by atoms with van der Waals surface area (Å²) in [6.45, 7) is 8.81. The van der Waals surface area contributed by atoms with Crippen molar-refractivity contribution in [1.82, 2.24) is 20.4 Å². The smallest absolute Gasteiger partial charge is 0.269 e. The highest BCUT2D eigenvalue weighted by Crippen LogP contribution is 2.13. The molecule has 1 aromatic carbocycles. The van der Waals surface area contributed by atoms with Gasteiger partial charge in [-0.3, -0.25) is 15.0 Å². The highest BCUT2D eigenvalue weighted by Gasteiger charge is 2.09. The van der Waals surface area contributed by atoms with E-state index in [4.69, 9.17) is 0 Å². The number of nitro benzene ring substituents is 1. The van der Waals surface area contributed by atoms with Crippen LogP contribution in [0.15, 0.2) is 24.3 Å². The van der Waals surface area contributed by atoms with Crippen molar-refractivity contribution in [2.24, 2.45) is 0 Å². The summed E-state index contributed by atoms with van der Waals surface area (Å²) in [6, 6.07) is 6.87. The maximum absolute atomic E-state index is 10.7. The number of likely N-dealkylation sites (N-methyl/N-ethyl adjacent to an activating group) is 1. The summed E-state index contributed by atoms with van der Waals surface area (Å²) in [5.41, 5.74) is 1.26. The number of hydrogen-bond acceptors (Lipinski definition) is 6. The molecule has 7 heteroatoms. The Morgan fingerprint density at radius 1 is 1.00 bits per heavy atom. The van der Waals surface area contributed by atoms with Crippen molar-refractivity contribution < 1.29 is 4.92 Å². The number of non-ortho nitro benzene ring substituents is 1. The molecular formula is C16H27N5O2. The highest BCUT2D eigenvalue weighted by molar-refractivity contribution is 5.32. The SMILES string of the molecule is CN1CCNCCN(Cc2ccc([N+](=O)[O-])cc2)CCNCC1. The lowest BCUT2D eigenvalue weighted by atomic mass is 10.2. The van der Waals surface area contributed by atoms with Gasteiger partial charge in [-0.15, -0.1) is 0 Å². The average molecular weight is 321 g/mol. The van der Waals surface area contributed by atoms with Crippen molar-refractivity contribution in [2.45, 2.75) is 6.54 Å². The Morgan fingerprint density at radius 2 is 1.52 bits per heavy atom. The van der Waals surface area contributed by atoms with Gasteiger partial charge in [-0.2, -0.15) is 0 Å². The first-order valence-electron chi connectivity index (χ1n) is 8.21. The molecule has 0 aromatic heterocycles. The second kappa shape index (κ2) is 9.57. The van der Waals surface area contributed by atoms with Gasteiger partial charge in [-0.05, 0) is 12.6 Å². The largest absolute Gasteiger partial charge is 0.314 e. The second-order valence-electron chi connectivity index (χ2n) is 6.00. The predicted octanol–water partition coefficient (Wildman–Crippen LogP) is 0.521. The summed E-state index contributed by atoms with van der Waals surface area (Å²) in [6.07, 6.45) is 0. The Hall–Kier alpha value is -1.54. The van der Waals surface area contributed by atoms with Crippen LogP contribution in [0.5, 0.6) is 0 Å². The van der Waals surface area contributed by atoms with Crippen molar-refractivity contribution in [3.63, 3.8) is 0 Å². The molecule has 0 radical (unpaired) electrons. The van der Waals surface area contributed by atoms with E-state index in [1.807, 2.05) is 12.1 Å². The predicted molar refractivity (Wildman–Crippen MR) is 91.6 cm³/mol. The zero-order valence-corrected chi connectivity index (χ0v) is 13.8. The van der Waals surface area contributed by atoms with Gasteiger partial charge < -0.3 is 15.5 Å². The van der Waals surface area contributed by atoms with Gasteiger partial charge in [0.1, 0.15) is 0 Å². The Labute approximate surface area is 137 Å². The fraction of sp³-hybridized carbons (Fsp3) is 0.625. The molecule has 128 valence electrons. The molecule has 7 nitrogen and oxygen atoms in total. The standard InChI is InChI=1S/C16H27N5O2/c1-19-10-6-17-8-12-20(13-9-18-7-11-19)14-15-2-4-16(5-3-15)21(22)23/h2-5,17-18H,6-14H2,1H3. The summed E-state index contributed by atoms with van der Waals surface area (Å²) in [5.74, 6) is 0. The van der Waals surface area contributed by atoms with Crippen LogP contribution in [0.4, 0.5) is 5.69 Å². The molecule has 2 rings (SSSR count). The number of hydrogen-bond donors (Lipinski definition) is 2. The Kier molecular flexibility index (Phi) is 7.41. The van der Waals surface area contributed by atoms with Gasteiger partial charge in [-0.25, -0.2) is 0 Å². The lowest BCUT2D eigenvalue weighted by Crippen LogP contribution is -2.42. The molecule has 0 saturated carbocycles. The first kappa shape index (κ1) is 17.8. The molecular weight excluding hydrogens is 294 g/mol. The van der Waals surface area contributed by atoms with E-state index in [-0.39, 0.29) is 10.6 Å². The van der Waals surface area contributed by atoms with E-state index in [1.165, 1.54) is 0 Å². The number of nitrogens with one attached hydrogen (secondary N) is 2. The van der Waals surface area contributed by atoms with Gasteiger partial charge in [0.05, 0.1) is 4.92 Å². The van der Waals surface area contributed by atoms with Crippen LogP contribution in [-0.4, -0.2) is 74.1 Å². The third-order valence-corrected chi connectivity index (χ3v) is 4.10. The fourth-order valence-electron chi connectivity index (χ4n) is 2.63. The zero-order valence-electron chi connectivity index (χ0n) is 13.8. The minimum Gasteiger partial charge on any atom is -0.314 e. The van der Waals surface area contributed by atoms with E-state index in [2.05, 4.69) is 27.5 Å². The van der Waals surface area contributed by atoms with Gasteiger partial charge in [-0.1, -0.05) is 12.1 Å². The van der Waals surface area contributed by atoms with E-state index < -0.39 is 0 Å². The fourth-order valence-corrected chi connectivity index (χ4v) is 2.63. The Balaban J connectivity index is 1.87. The molecule has 0 amide bonds.